The summed E-state index contributed by atoms with van der Waals surface area (Å²) in [4.78, 5) is 2.48. The first-order chi connectivity index (χ1) is 29.5. The highest BCUT2D eigenvalue weighted by atomic mass is 32.1. The second-order valence-electron chi connectivity index (χ2n) is 17.2. The second kappa shape index (κ2) is 12.3. The van der Waals surface area contributed by atoms with E-state index >= 15 is 0 Å². The zero-order chi connectivity index (χ0) is 39.7. The van der Waals surface area contributed by atoms with Crippen LogP contribution in [0.3, 0.4) is 0 Å². The lowest BCUT2D eigenvalue weighted by Crippen LogP contribution is -2.26. The fourth-order valence-electron chi connectivity index (χ4n) is 11.4. The second-order valence-corrected chi connectivity index (χ2v) is 18.3. The van der Waals surface area contributed by atoms with Gasteiger partial charge < -0.3 is 4.90 Å². The zero-order valence-corrected chi connectivity index (χ0v) is 34.2. The molecular weight excluding hydrogens is 743 g/mol. The number of nitrogens with zero attached hydrogens (tertiary/aromatic N) is 1. The number of anilines is 3. The molecule has 0 saturated carbocycles. The van der Waals surface area contributed by atoms with Crippen molar-refractivity contribution in [3.8, 4) is 44.5 Å². The van der Waals surface area contributed by atoms with Gasteiger partial charge >= 0.3 is 0 Å². The van der Waals surface area contributed by atoms with E-state index in [1.807, 2.05) is 11.3 Å². The van der Waals surface area contributed by atoms with Gasteiger partial charge in [-0.15, -0.1) is 11.3 Å². The molecule has 13 rings (SSSR count). The van der Waals surface area contributed by atoms with Crippen molar-refractivity contribution in [1.82, 2.24) is 0 Å². The Balaban J connectivity index is 1.02. The van der Waals surface area contributed by atoms with E-state index in [1.165, 1.54) is 98.1 Å². The van der Waals surface area contributed by atoms with Crippen molar-refractivity contribution in [3.05, 3.63) is 234 Å². The van der Waals surface area contributed by atoms with E-state index in [-0.39, 0.29) is 5.41 Å². The van der Waals surface area contributed by atoms with Gasteiger partial charge in [0.15, 0.2) is 0 Å². The van der Waals surface area contributed by atoms with Gasteiger partial charge in [0.1, 0.15) is 0 Å². The summed E-state index contributed by atoms with van der Waals surface area (Å²) in [5, 5.41) is 2.60. The van der Waals surface area contributed by atoms with E-state index in [4.69, 9.17) is 0 Å². The van der Waals surface area contributed by atoms with E-state index in [0.717, 1.165) is 17.1 Å². The molecule has 0 unspecified atom stereocenters. The van der Waals surface area contributed by atoms with Crippen LogP contribution in [0.25, 0.3) is 64.7 Å². The standard InChI is InChI=1S/C58H39NS/c1-57(2)49-21-8-3-17-44(49)47-20-13-19-40(56(47)57)36-26-28-37(29-27-36)59(38-31-33-55-48(34-38)46-18-7-12-25-54(46)60-55)39-30-32-45-43-16-6-11-24-52(43)58(53(45)35-39)50-22-9-4-14-41(50)42-15-5-10-23-51(42)58/h3-35H,1-2H3. The molecule has 0 aliphatic heterocycles. The first kappa shape index (κ1) is 33.9. The molecule has 3 aliphatic rings. The maximum atomic E-state index is 2.50. The molecular formula is C58H39NS. The lowest BCUT2D eigenvalue weighted by Gasteiger charge is -2.32. The van der Waals surface area contributed by atoms with E-state index in [2.05, 4.69) is 219 Å². The van der Waals surface area contributed by atoms with Gasteiger partial charge in [-0.1, -0.05) is 166 Å². The molecule has 1 aromatic heterocycles. The normalized spacial score (nSPS) is 14.4. The van der Waals surface area contributed by atoms with Crippen molar-refractivity contribution in [2.75, 3.05) is 4.90 Å². The van der Waals surface area contributed by atoms with Crippen molar-refractivity contribution in [2.45, 2.75) is 24.7 Å². The minimum atomic E-state index is -0.420. The third-order valence-electron chi connectivity index (χ3n) is 13.9. The van der Waals surface area contributed by atoms with Crippen LogP contribution in [0.1, 0.15) is 47.2 Å². The van der Waals surface area contributed by atoms with Gasteiger partial charge in [-0.2, -0.15) is 0 Å². The van der Waals surface area contributed by atoms with Crippen LogP contribution >= 0.6 is 11.3 Å². The van der Waals surface area contributed by atoms with Crippen LogP contribution in [-0.4, -0.2) is 0 Å². The van der Waals surface area contributed by atoms with Crippen LogP contribution in [0, 0.1) is 0 Å². The Labute approximate surface area is 354 Å². The summed E-state index contributed by atoms with van der Waals surface area (Å²) in [5.74, 6) is 0. The summed E-state index contributed by atoms with van der Waals surface area (Å²) in [7, 11) is 0. The number of hydrogen-bond donors (Lipinski definition) is 0. The van der Waals surface area contributed by atoms with Gasteiger partial charge in [0.2, 0.25) is 0 Å². The van der Waals surface area contributed by atoms with E-state index in [0.29, 0.717) is 0 Å². The average molecular weight is 782 g/mol. The Kier molecular flexibility index (Phi) is 6.94. The Morgan fingerprint density at radius 1 is 0.350 bits per heavy atom. The van der Waals surface area contributed by atoms with Crippen molar-refractivity contribution in [1.29, 1.82) is 0 Å². The zero-order valence-electron chi connectivity index (χ0n) is 33.4. The Bertz CT molecular complexity index is 3360. The van der Waals surface area contributed by atoms with E-state index < -0.39 is 5.41 Å². The third kappa shape index (κ3) is 4.41. The van der Waals surface area contributed by atoms with Crippen LogP contribution in [0.4, 0.5) is 17.1 Å². The summed E-state index contributed by atoms with van der Waals surface area (Å²) in [6.07, 6.45) is 0. The van der Waals surface area contributed by atoms with Gasteiger partial charge in [-0.3, -0.25) is 0 Å². The Hall–Kier alpha value is -7.00. The molecule has 0 N–H and O–H groups in total. The molecule has 10 aromatic rings. The van der Waals surface area contributed by atoms with Crippen LogP contribution < -0.4 is 4.90 Å². The summed E-state index contributed by atoms with van der Waals surface area (Å²) in [6.45, 7) is 4.75. The number of benzene rings is 9. The molecule has 3 aliphatic carbocycles. The van der Waals surface area contributed by atoms with Crippen LogP contribution in [0.2, 0.25) is 0 Å². The molecule has 9 aromatic carbocycles. The number of hydrogen-bond acceptors (Lipinski definition) is 2. The first-order valence-corrected chi connectivity index (χ1v) is 21.8. The molecule has 1 nitrogen and oxygen atoms in total. The van der Waals surface area contributed by atoms with Gasteiger partial charge in [0.05, 0.1) is 5.41 Å². The number of rotatable bonds is 4. The molecule has 282 valence electrons. The van der Waals surface area contributed by atoms with E-state index in [1.54, 1.807) is 0 Å². The molecule has 0 saturated heterocycles. The van der Waals surface area contributed by atoms with E-state index in [9.17, 15) is 0 Å². The van der Waals surface area contributed by atoms with Gasteiger partial charge in [-0.25, -0.2) is 0 Å². The fourth-order valence-corrected chi connectivity index (χ4v) is 12.5. The highest BCUT2D eigenvalue weighted by Crippen LogP contribution is 2.63. The molecule has 0 amide bonds. The molecule has 1 spiro atoms. The summed E-state index contributed by atoms with van der Waals surface area (Å²) >= 11 is 1.87. The maximum absolute atomic E-state index is 2.50. The summed E-state index contributed by atoms with van der Waals surface area (Å²) in [6, 6.07) is 75.4. The molecule has 0 radical (unpaired) electrons. The Morgan fingerprint density at radius 2 is 0.833 bits per heavy atom. The van der Waals surface area contributed by atoms with Crippen molar-refractivity contribution in [2.24, 2.45) is 0 Å². The number of thiophene rings is 1. The third-order valence-corrected chi connectivity index (χ3v) is 15.0. The minimum Gasteiger partial charge on any atom is -0.310 e. The average Bonchev–Trinajstić information content (AvgIpc) is 3.99. The molecule has 60 heavy (non-hydrogen) atoms. The van der Waals surface area contributed by atoms with Crippen LogP contribution in [0.15, 0.2) is 200 Å². The van der Waals surface area contributed by atoms with Gasteiger partial charge in [-0.05, 0) is 126 Å². The lowest BCUT2D eigenvalue weighted by atomic mass is 9.70. The fraction of sp³-hybridized carbons (Fsp3) is 0.0690. The van der Waals surface area contributed by atoms with Gasteiger partial charge in [0, 0.05) is 42.6 Å². The summed E-state index contributed by atoms with van der Waals surface area (Å²) < 4.78 is 2.62. The highest BCUT2D eigenvalue weighted by molar-refractivity contribution is 7.25. The lowest BCUT2D eigenvalue weighted by molar-refractivity contribution is 0.662. The SMILES string of the molecule is CC1(C)c2ccccc2-c2cccc(-c3ccc(N(c4ccc5c(c4)C4(c6ccccc6-c6ccccc64)c4ccccc4-5)c4ccc5sc6ccccc6c5c4)cc3)c21. The largest absolute Gasteiger partial charge is 0.310 e. The topological polar surface area (TPSA) is 3.24 Å². The highest BCUT2D eigenvalue weighted by Gasteiger charge is 2.51. The predicted octanol–water partition coefficient (Wildman–Crippen LogP) is 15.8. The van der Waals surface area contributed by atoms with Crippen molar-refractivity contribution >= 4 is 48.6 Å². The molecule has 0 atom stereocenters. The minimum absolute atomic E-state index is 0.0959. The smallest absolute Gasteiger partial charge is 0.0726 e. The molecule has 2 heteroatoms. The molecule has 0 bridgehead atoms. The molecule has 0 fully saturated rings. The van der Waals surface area contributed by atoms with Gasteiger partial charge in [0.25, 0.3) is 0 Å². The van der Waals surface area contributed by atoms with Crippen molar-refractivity contribution in [3.63, 3.8) is 0 Å². The Morgan fingerprint density at radius 3 is 1.52 bits per heavy atom. The first-order valence-electron chi connectivity index (χ1n) is 21.0. The molecule has 1 heterocycles. The summed E-state index contributed by atoms with van der Waals surface area (Å²) in [5.41, 5.74) is 21.6. The van der Waals surface area contributed by atoms with Crippen molar-refractivity contribution < 1.29 is 0 Å². The van der Waals surface area contributed by atoms with Crippen LogP contribution in [-0.2, 0) is 10.8 Å². The number of fused-ring (bicyclic) bond motifs is 16. The predicted molar refractivity (Wildman–Crippen MR) is 253 cm³/mol. The maximum Gasteiger partial charge on any atom is 0.0726 e. The quantitative estimate of drug-likeness (QED) is 0.172. The monoisotopic (exact) mass is 781 g/mol. The van der Waals surface area contributed by atoms with Crippen LogP contribution in [0.5, 0.6) is 0 Å².